The number of fused-ring (bicyclic) bond motifs is 1. The van der Waals surface area contributed by atoms with Gasteiger partial charge in [0.15, 0.2) is 10.8 Å². The summed E-state index contributed by atoms with van der Waals surface area (Å²) < 4.78 is 1.79. The van der Waals surface area contributed by atoms with Crippen LogP contribution in [0.1, 0.15) is 37.7 Å². The van der Waals surface area contributed by atoms with Gasteiger partial charge in [0, 0.05) is 31.6 Å². The molecule has 2 N–H and O–H groups in total. The van der Waals surface area contributed by atoms with Crippen LogP contribution in [0.15, 0.2) is 41.5 Å². The van der Waals surface area contributed by atoms with Crippen LogP contribution in [0.3, 0.4) is 0 Å². The first-order valence-corrected chi connectivity index (χ1v) is 13.1. The van der Waals surface area contributed by atoms with E-state index >= 15 is 0 Å². The van der Waals surface area contributed by atoms with E-state index in [1.807, 2.05) is 18.2 Å². The Bertz CT molecular complexity index is 1250. The monoisotopic (exact) mass is 494 g/mol. The average Bonchev–Trinajstić information content (AvgIpc) is 3.58. The number of aromatic nitrogens is 3. The molecule has 0 radical (unpaired) electrons. The van der Waals surface area contributed by atoms with Crippen LogP contribution < -0.4 is 21.1 Å². The lowest BCUT2D eigenvalue weighted by atomic mass is 9.96. The van der Waals surface area contributed by atoms with Gasteiger partial charge < -0.3 is 15.5 Å². The summed E-state index contributed by atoms with van der Waals surface area (Å²) in [4.78, 5) is 48.7. The summed E-state index contributed by atoms with van der Waals surface area (Å²) in [6.45, 7) is 1.93. The Hall–Kier alpha value is -3.27. The number of piperidine rings is 1. The number of nitrogens with one attached hydrogen (secondary N) is 2. The molecular formula is C25H30N6O3S. The molecule has 184 valence electrons. The van der Waals surface area contributed by atoms with Crippen molar-refractivity contribution in [1.29, 1.82) is 0 Å². The van der Waals surface area contributed by atoms with Crippen molar-refractivity contribution < 1.29 is 9.59 Å². The number of rotatable bonds is 9. The van der Waals surface area contributed by atoms with Gasteiger partial charge in [-0.05, 0) is 44.1 Å². The molecule has 0 spiro atoms. The van der Waals surface area contributed by atoms with E-state index in [0.29, 0.717) is 22.9 Å². The molecule has 2 aliphatic rings. The molecule has 1 aliphatic carbocycles. The molecule has 5 rings (SSSR count). The average molecular weight is 495 g/mol. The number of nitrogens with zero attached hydrogens (tertiary/aromatic N) is 4. The highest BCUT2D eigenvalue weighted by atomic mass is 32.1. The van der Waals surface area contributed by atoms with Crippen LogP contribution in [0.25, 0.3) is 10.3 Å². The van der Waals surface area contributed by atoms with Crippen molar-refractivity contribution in [1.82, 2.24) is 25.2 Å². The highest BCUT2D eigenvalue weighted by Crippen LogP contribution is 2.30. The molecule has 1 saturated heterocycles. The van der Waals surface area contributed by atoms with Crippen molar-refractivity contribution in [3.8, 4) is 0 Å². The van der Waals surface area contributed by atoms with E-state index < -0.39 is 0 Å². The Morgan fingerprint density at radius 2 is 1.86 bits per heavy atom. The lowest BCUT2D eigenvalue weighted by Crippen LogP contribution is -2.41. The third-order valence-corrected chi connectivity index (χ3v) is 7.65. The minimum atomic E-state index is -0.253. The Morgan fingerprint density at radius 1 is 1.09 bits per heavy atom. The summed E-state index contributed by atoms with van der Waals surface area (Å²) in [5, 5.41) is 6.72. The molecule has 9 nitrogen and oxygen atoms in total. The molecular weight excluding hydrogens is 464 g/mol. The molecule has 2 aromatic heterocycles. The molecule has 35 heavy (non-hydrogen) atoms. The first-order valence-electron chi connectivity index (χ1n) is 12.3. The molecule has 1 aliphatic heterocycles. The van der Waals surface area contributed by atoms with Gasteiger partial charge in [0.2, 0.25) is 11.8 Å². The fraction of sp³-hybridized carbons (Fsp3) is 0.480. The SMILES string of the molecule is O=C(Cn1cnc2nc(N3CCC(C(=O)NC4CC4)CC3)sc2c1=O)NCCCc1ccccc1. The van der Waals surface area contributed by atoms with Crippen LogP contribution >= 0.6 is 11.3 Å². The maximum atomic E-state index is 13.0. The van der Waals surface area contributed by atoms with E-state index in [0.717, 1.165) is 56.7 Å². The van der Waals surface area contributed by atoms with Crippen LogP contribution in [0.5, 0.6) is 0 Å². The van der Waals surface area contributed by atoms with Gasteiger partial charge in [-0.25, -0.2) is 4.98 Å². The fourth-order valence-electron chi connectivity index (χ4n) is 4.34. The maximum absolute atomic E-state index is 13.0. The van der Waals surface area contributed by atoms with Crippen molar-refractivity contribution >= 4 is 38.6 Å². The lowest BCUT2D eigenvalue weighted by Gasteiger charge is -2.30. The zero-order valence-corrected chi connectivity index (χ0v) is 20.4. The van der Waals surface area contributed by atoms with E-state index in [-0.39, 0.29) is 29.8 Å². The van der Waals surface area contributed by atoms with Crippen LogP contribution in [0, 0.1) is 5.92 Å². The highest BCUT2D eigenvalue weighted by molar-refractivity contribution is 7.22. The zero-order chi connectivity index (χ0) is 24.2. The molecule has 10 heteroatoms. The number of amides is 2. The van der Waals surface area contributed by atoms with Crippen LogP contribution in [0.2, 0.25) is 0 Å². The van der Waals surface area contributed by atoms with Gasteiger partial charge in [-0.1, -0.05) is 41.7 Å². The van der Waals surface area contributed by atoms with Crippen molar-refractivity contribution in [2.24, 2.45) is 5.92 Å². The number of thiazole rings is 1. The van der Waals surface area contributed by atoms with Crippen molar-refractivity contribution in [3.05, 3.63) is 52.6 Å². The van der Waals surface area contributed by atoms with Crippen LogP contribution in [-0.4, -0.2) is 52.0 Å². The second-order valence-electron chi connectivity index (χ2n) is 9.31. The topological polar surface area (TPSA) is 109 Å². The second kappa shape index (κ2) is 10.6. The Kier molecular flexibility index (Phi) is 7.08. The number of hydrogen-bond acceptors (Lipinski definition) is 7. The van der Waals surface area contributed by atoms with E-state index in [4.69, 9.17) is 0 Å². The van der Waals surface area contributed by atoms with Crippen molar-refractivity contribution in [2.75, 3.05) is 24.5 Å². The molecule has 0 unspecified atom stereocenters. The Morgan fingerprint density at radius 3 is 2.60 bits per heavy atom. The van der Waals surface area contributed by atoms with Gasteiger partial charge in [0.1, 0.15) is 17.6 Å². The number of anilines is 1. The first kappa shape index (κ1) is 23.5. The quantitative estimate of drug-likeness (QED) is 0.441. The molecule has 3 aromatic rings. The molecule has 3 heterocycles. The van der Waals surface area contributed by atoms with E-state index in [9.17, 15) is 14.4 Å². The maximum Gasteiger partial charge on any atom is 0.273 e. The van der Waals surface area contributed by atoms with Crippen molar-refractivity contribution in [2.45, 2.75) is 51.1 Å². The van der Waals surface area contributed by atoms with Gasteiger partial charge in [-0.15, -0.1) is 0 Å². The summed E-state index contributed by atoms with van der Waals surface area (Å²) in [7, 11) is 0. The normalized spacial score (nSPS) is 16.4. The molecule has 0 atom stereocenters. The van der Waals surface area contributed by atoms with Gasteiger partial charge in [0.05, 0.1) is 0 Å². The van der Waals surface area contributed by atoms with Gasteiger partial charge in [0.25, 0.3) is 5.56 Å². The third-order valence-electron chi connectivity index (χ3n) is 6.55. The molecule has 2 fully saturated rings. The van der Waals surface area contributed by atoms with Crippen LogP contribution in [-0.2, 0) is 22.6 Å². The Labute approximate surface area is 207 Å². The van der Waals surface area contributed by atoms with Crippen LogP contribution in [0.4, 0.5) is 5.13 Å². The van der Waals surface area contributed by atoms with E-state index in [1.54, 1.807) is 0 Å². The number of aryl methyl sites for hydroxylation is 1. The summed E-state index contributed by atoms with van der Waals surface area (Å²) in [5.74, 6) is -0.000251. The third kappa shape index (κ3) is 5.87. The van der Waals surface area contributed by atoms with Gasteiger partial charge in [-0.3, -0.25) is 19.0 Å². The fourth-order valence-corrected chi connectivity index (χ4v) is 5.36. The number of benzene rings is 1. The molecule has 2 amide bonds. The van der Waals surface area contributed by atoms with E-state index in [1.165, 1.54) is 27.8 Å². The minimum absolute atomic E-state index is 0.0442. The summed E-state index contributed by atoms with van der Waals surface area (Å²) >= 11 is 1.31. The smallest absolute Gasteiger partial charge is 0.273 e. The Balaban J connectivity index is 1.15. The standard InChI is InChI=1S/C25H30N6O3S/c32-20(26-12-4-7-17-5-2-1-3-6-17)15-31-16-27-22-21(24(31)34)35-25(29-22)30-13-10-18(11-14-30)23(33)28-19-8-9-19/h1-3,5-6,16,18-19H,4,7-15H2,(H,26,32)(H,28,33). The van der Waals surface area contributed by atoms with Crippen molar-refractivity contribution in [3.63, 3.8) is 0 Å². The predicted molar refractivity (Wildman–Crippen MR) is 136 cm³/mol. The summed E-state index contributed by atoms with van der Waals surface area (Å²) in [5.41, 5.74) is 1.39. The second-order valence-corrected chi connectivity index (χ2v) is 10.3. The lowest BCUT2D eigenvalue weighted by molar-refractivity contribution is -0.125. The van der Waals surface area contributed by atoms with Gasteiger partial charge in [-0.2, -0.15) is 4.98 Å². The molecule has 0 bridgehead atoms. The molecule has 1 aromatic carbocycles. The first-order chi connectivity index (χ1) is 17.1. The number of carbonyl (C=O) groups is 2. The molecule has 1 saturated carbocycles. The number of carbonyl (C=O) groups excluding carboxylic acids is 2. The van der Waals surface area contributed by atoms with E-state index in [2.05, 4.69) is 37.6 Å². The highest BCUT2D eigenvalue weighted by Gasteiger charge is 2.30. The number of hydrogen-bond donors (Lipinski definition) is 2. The summed E-state index contributed by atoms with van der Waals surface area (Å²) in [6, 6.07) is 10.5. The zero-order valence-electron chi connectivity index (χ0n) is 19.6. The largest absolute Gasteiger partial charge is 0.355 e. The van der Waals surface area contributed by atoms with Gasteiger partial charge >= 0.3 is 0 Å². The summed E-state index contributed by atoms with van der Waals surface area (Å²) in [6.07, 6.45) is 6.85. The predicted octanol–water partition coefficient (Wildman–Crippen LogP) is 2.10. The minimum Gasteiger partial charge on any atom is -0.355 e.